The van der Waals surface area contributed by atoms with Gasteiger partial charge in [0.1, 0.15) is 5.82 Å². The minimum Gasteiger partial charge on any atom is -0.345 e. The Hall–Kier alpha value is -1.91. The van der Waals surface area contributed by atoms with Crippen LogP contribution in [0.4, 0.5) is 4.39 Å². The van der Waals surface area contributed by atoms with Gasteiger partial charge in [0.15, 0.2) is 0 Å². The maximum absolute atomic E-state index is 13.7. The van der Waals surface area contributed by atoms with E-state index in [-0.39, 0.29) is 18.1 Å². The molecule has 5 heteroatoms. The van der Waals surface area contributed by atoms with Crippen LogP contribution in [0.15, 0.2) is 48.5 Å². The van der Waals surface area contributed by atoms with Crippen LogP contribution >= 0.6 is 11.6 Å². The first-order valence-electron chi connectivity index (χ1n) is 9.95. The van der Waals surface area contributed by atoms with Gasteiger partial charge in [0, 0.05) is 25.2 Å². The first-order chi connectivity index (χ1) is 13.5. The number of rotatable bonds is 7. The smallest absolute Gasteiger partial charge is 0.226 e. The molecule has 0 unspecified atom stereocenters. The van der Waals surface area contributed by atoms with Crippen molar-refractivity contribution in [2.24, 2.45) is 5.92 Å². The number of halogens is 2. The zero-order valence-electron chi connectivity index (χ0n) is 16.4. The predicted molar refractivity (Wildman–Crippen MR) is 112 cm³/mol. The monoisotopic (exact) mass is 402 g/mol. The first-order valence-corrected chi connectivity index (χ1v) is 10.3. The average Bonchev–Trinajstić information content (AvgIpc) is 2.70. The Kier molecular flexibility index (Phi) is 7.46. The van der Waals surface area contributed by atoms with Gasteiger partial charge in [-0.3, -0.25) is 4.79 Å². The molecule has 150 valence electrons. The Labute approximate surface area is 172 Å². The number of hydrogen-bond acceptors (Lipinski definition) is 2. The van der Waals surface area contributed by atoms with Crippen molar-refractivity contribution in [3.63, 3.8) is 0 Å². The van der Waals surface area contributed by atoms with Gasteiger partial charge in [0.05, 0.1) is 6.42 Å². The van der Waals surface area contributed by atoms with Gasteiger partial charge >= 0.3 is 0 Å². The van der Waals surface area contributed by atoms with Gasteiger partial charge in [0.2, 0.25) is 5.91 Å². The highest BCUT2D eigenvalue weighted by Crippen LogP contribution is 2.19. The Morgan fingerprint density at radius 2 is 1.82 bits per heavy atom. The van der Waals surface area contributed by atoms with Crippen LogP contribution in [0.3, 0.4) is 0 Å². The molecular formula is C23H28ClFN2O. The van der Waals surface area contributed by atoms with Crippen molar-refractivity contribution in [3.8, 4) is 0 Å². The Bertz CT molecular complexity index is 772. The molecule has 0 radical (unpaired) electrons. The molecular weight excluding hydrogens is 375 g/mol. The Balaban J connectivity index is 1.39. The Morgan fingerprint density at radius 3 is 2.50 bits per heavy atom. The number of nitrogens with zero attached hydrogens (tertiary/aromatic N) is 2. The summed E-state index contributed by atoms with van der Waals surface area (Å²) < 4.78 is 13.7. The zero-order chi connectivity index (χ0) is 19.9. The molecule has 1 aliphatic heterocycles. The number of carbonyl (C=O) groups is 1. The number of hydrogen-bond donors (Lipinski definition) is 0. The molecule has 1 amide bonds. The second-order valence-corrected chi connectivity index (χ2v) is 8.14. The second kappa shape index (κ2) is 10.0. The molecule has 0 aromatic heterocycles. The summed E-state index contributed by atoms with van der Waals surface area (Å²) in [6.45, 7) is 3.93. The van der Waals surface area contributed by atoms with Gasteiger partial charge in [-0.25, -0.2) is 4.39 Å². The van der Waals surface area contributed by atoms with Crippen LogP contribution in [0.5, 0.6) is 0 Å². The highest BCUT2D eigenvalue weighted by molar-refractivity contribution is 6.30. The molecule has 1 fully saturated rings. The van der Waals surface area contributed by atoms with Crippen molar-refractivity contribution in [1.29, 1.82) is 0 Å². The summed E-state index contributed by atoms with van der Waals surface area (Å²) in [5, 5.41) is 0.776. The van der Waals surface area contributed by atoms with Gasteiger partial charge < -0.3 is 9.80 Å². The molecule has 0 saturated carbocycles. The lowest BCUT2D eigenvalue weighted by atomic mass is 9.95. The van der Waals surface area contributed by atoms with Crippen molar-refractivity contribution in [2.75, 3.05) is 33.2 Å². The minimum absolute atomic E-state index is 0.0183. The summed E-state index contributed by atoms with van der Waals surface area (Å²) in [7, 11) is 1.83. The number of likely N-dealkylation sites (tertiary alicyclic amines) is 1. The average molecular weight is 403 g/mol. The molecule has 1 aliphatic rings. The molecule has 0 atom stereocenters. The SMILES string of the molecule is CN(CC1CCN(CCc2ccc(Cl)cc2)CC1)C(=O)Cc1ccccc1F. The highest BCUT2D eigenvalue weighted by Gasteiger charge is 2.22. The van der Waals surface area contributed by atoms with Crippen LogP contribution < -0.4 is 0 Å². The highest BCUT2D eigenvalue weighted by atomic mass is 35.5. The van der Waals surface area contributed by atoms with Crippen LogP contribution in [0.1, 0.15) is 24.0 Å². The standard InChI is InChI=1S/C23H28ClFN2O/c1-26(23(28)16-20-4-2-3-5-22(20)25)17-19-11-14-27(15-12-19)13-10-18-6-8-21(24)9-7-18/h2-9,19H,10-17H2,1H3. The van der Waals surface area contributed by atoms with E-state index in [9.17, 15) is 9.18 Å². The summed E-state index contributed by atoms with van der Waals surface area (Å²) in [4.78, 5) is 16.7. The van der Waals surface area contributed by atoms with Gasteiger partial charge in [0.25, 0.3) is 0 Å². The number of piperidine rings is 1. The molecule has 0 N–H and O–H groups in total. The van der Waals surface area contributed by atoms with E-state index in [0.717, 1.165) is 50.5 Å². The largest absolute Gasteiger partial charge is 0.345 e. The van der Waals surface area contributed by atoms with E-state index in [1.54, 1.807) is 23.1 Å². The lowest BCUT2D eigenvalue weighted by Gasteiger charge is -2.34. The molecule has 28 heavy (non-hydrogen) atoms. The summed E-state index contributed by atoms with van der Waals surface area (Å²) in [5.74, 6) is 0.190. The summed E-state index contributed by atoms with van der Waals surface area (Å²) in [6.07, 6.45) is 3.35. The van der Waals surface area contributed by atoms with Crippen molar-refractivity contribution < 1.29 is 9.18 Å². The molecule has 0 aliphatic carbocycles. The van der Waals surface area contributed by atoms with E-state index in [2.05, 4.69) is 17.0 Å². The molecule has 3 rings (SSSR count). The van der Waals surface area contributed by atoms with E-state index in [4.69, 9.17) is 11.6 Å². The van der Waals surface area contributed by atoms with E-state index in [1.807, 2.05) is 19.2 Å². The van der Waals surface area contributed by atoms with Gasteiger partial charge in [-0.1, -0.05) is 41.9 Å². The third-order valence-corrected chi connectivity index (χ3v) is 5.85. The topological polar surface area (TPSA) is 23.6 Å². The van der Waals surface area contributed by atoms with Gasteiger partial charge in [-0.15, -0.1) is 0 Å². The van der Waals surface area contributed by atoms with Gasteiger partial charge in [-0.05, 0) is 67.6 Å². The summed E-state index contributed by atoms with van der Waals surface area (Å²) in [5.41, 5.74) is 1.78. The fourth-order valence-electron chi connectivity index (χ4n) is 3.76. The molecule has 0 bridgehead atoms. The van der Waals surface area contributed by atoms with Crippen LogP contribution in [0, 0.1) is 11.7 Å². The molecule has 1 saturated heterocycles. The number of carbonyl (C=O) groups excluding carboxylic acids is 1. The third kappa shape index (κ3) is 6.05. The summed E-state index contributed by atoms with van der Waals surface area (Å²) in [6, 6.07) is 14.6. The Morgan fingerprint density at radius 1 is 1.14 bits per heavy atom. The molecule has 3 nitrogen and oxygen atoms in total. The lowest BCUT2D eigenvalue weighted by molar-refractivity contribution is -0.130. The normalized spacial score (nSPS) is 15.5. The summed E-state index contributed by atoms with van der Waals surface area (Å²) >= 11 is 5.94. The number of amides is 1. The maximum atomic E-state index is 13.7. The molecule has 0 spiro atoms. The molecule has 2 aromatic carbocycles. The fourth-order valence-corrected chi connectivity index (χ4v) is 3.89. The van der Waals surface area contributed by atoms with E-state index < -0.39 is 0 Å². The minimum atomic E-state index is -0.307. The van der Waals surface area contributed by atoms with Crippen LogP contribution in [-0.4, -0.2) is 48.9 Å². The lowest BCUT2D eigenvalue weighted by Crippen LogP contribution is -2.40. The zero-order valence-corrected chi connectivity index (χ0v) is 17.2. The molecule has 1 heterocycles. The third-order valence-electron chi connectivity index (χ3n) is 5.59. The predicted octanol–water partition coefficient (Wildman–Crippen LogP) is 4.43. The van der Waals surface area contributed by atoms with E-state index in [1.165, 1.54) is 11.6 Å². The van der Waals surface area contributed by atoms with Crippen LogP contribution in [0.2, 0.25) is 5.02 Å². The quantitative estimate of drug-likeness (QED) is 0.683. The maximum Gasteiger partial charge on any atom is 0.226 e. The van der Waals surface area contributed by atoms with Crippen molar-refractivity contribution >= 4 is 17.5 Å². The molecule has 2 aromatic rings. The van der Waals surface area contributed by atoms with E-state index >= 15 is 0 Å². The number of likely N-dealkylation sites (N-methyl/N-ethyl adjacent to an activating group) is 1. The van der Waals surface area contributed by atoms with Crippen molar-refractivity contribution in [1.82, 2.24) is 9.80 Å². The van der Waals surface area contributed by atoms with Crippen molar-refractivity contribution in [2.45, 2.75) is 25.7 Å². The van der Waals surface area contributed by atoms with Crippen LogP contribution in [0.25, 0.3) is 0 Å². The van der Waals surface area contributed by atoms with Gasteiger partial charge in [-0.2, -0.15) is 0 Å². The number of benzene rings is 2. The van der Waals surface area contributed by atoms with Crippen LogP contribution in [-0.2, 0) is 17.6 Å². The second-order valence-electron chi connectivity index (χ2n) is 7.70. The van der Waals surface area contributed by atoms with Crippen molar-refractivity contribution in [3.05, 3.63) is 70.5 Å². The first kappa shape index (κ1) is 20.8. The fraction of sp³-hybridized carbons (Fsp3) is 0.435. The van der Waals surface area contributed by atoms with E-state index in [0.29, 0.717) is 11.5 Å².